The molecule has 3 unspecified atom stereocenters. The van der Waals surface area contributed by atoms with Gasteiger partial charge >= 0.3 is 0 Å². The highest BCUT2D eigenvalue weighted by Crippen LogP contribution is 2.46. The standard InChI is InChI=1S/C19H22O2/c1-3-19(2)17(20)13-18(19)21-16-11-9-15(10-12-16)14-7-5-4-6-8-14/h4-12,17-18,20H,3,13H2,1-2H3. The van der Waals surface area contributed by atoms with Crippen molar-refractivity contribution in [1.29, 1.82) is 0 Å². The third kappa shape index (κ3) is 2.56. The van der Waals surface area contributed by atoms with Crippen LogP contribution in [0.25, 0.3) is 11.1 Å². The Hall–Kier alpha value is -1.80. The minimum Gasteiger partial charge on any atom is -0.490 e. The van der Waals surface area contributed by atoms with Crippen molar-refractivity contribution in [3.8, 4) is 16.9 Å². The summed E-state index contributed by atoms with van der Waals surface area (Å²) in [6, 6.07) is 18.5. The second-order valence-electron chi connectivity index (χ2n) is 6.11. The van der Waals surface area contributed by atoms with Crippen LogP contribution >= 0.6 is 0 Å². The number of hydrogen-bond acceptors (Lipinski definition) is 2. The first-order valence-corrected chi connectivity index (χ1v) is 7.63. The van der Waals surface area contributed by atoms with E-state index in [2.05, 4.69) is 38.1 Å². The predicted octanol–water partition coefficient (Wildman–Crippen LogP) is 4.28. The highest BCUT2D eigenvalue weighted by Gasteiger charge is 2.51. The third-order valence-corrected chi connectivity index (χ3v) is 4.94. The number of benzene rings is 2. The Balaban J connectivity index is 1.71. The van der Waals surface area contributed by atoms with Crippen LogP contribution in [0, 0.1) is 5.41 Å². The largest absolute Gasteiger partial charge is 0.490 e. The normalized spacial score (nSPS) is 28.0. The van der Waals surface area contributed by atoms with Gasteiger partial charge in [0, 0.05) is 11.8 Å². The van der Waals surface area contributed by atoms with Crippen LogP contribution in [-0.4, -0.2) is 17.3 Å². The molecule has 0 bridgehead atoms. The second kappa shape index (κ2) is 5.53. The monoisotopic (exact) mass is 282 g/mol. The van der Waals surface area contributed by atoms with Crippen molar-refractivity contribution < 1.29 is 9.84 Å². The second-order valence-corrected chi connectivity index (χ2v) is 6.11. The lowest BCUT2D eigenvalue weighted by Gasteiger charge is -2.50. The summed E-state index contributed by atoms with van der Waals surface area (Å²) in [6.45, 7) is 4.21. The van der Waals surface area contributed by atoms with Crippen molar-refractivity contribution in [2.24, 2.45) is 5.41 Å². The van der Waals surface area contributed by atoms with E-state index in [1.165, 1.54) is 11.1 Å². The summed E-state index contributed by atoms with van der Waals surface area (Å²) in [5.74, 6) is 0.881. The molecule has 2 heteroatoms. The van der Waals surface area contributed by atoms with E-state index in [-0.39, 0.29) is 17.6 Å². The van der Waals surface area contributed by atoms with Gasteiger partial charge in [-0.05, 0) is 29.7 Å². The molecule has 1 saturated carbocycles. The molecule has 0 saturated heterocycles. The summed E-state index contributed by atoms with van der Waals surface area (Å²) in [7, 11) is 0. The molecule has 2 nitrogen and oxygen atoms in total. The minimum absolute atomic E-state index is 0.111. The highest BCUT2D eigenvalue weighted by atomic mass is 16.5. The summed E-state index contributed by atoms with van der Waals surface area (Å²) in [4.78, 5) is 0. The van der Waals surface area contributed by atoms with Crippen molar-refractivity contribution in [3.05, 3.63) is 54.6 Å². The maximum Gasteiger partial charge on any atom is 0.119 e. The van der Waals surface area contributed by atoms with Gasteiger partial charge in [0.1, 0.15) is 11.9 Å². The fourth-order valence-corrected chi connectivity index (χ4v) is 2.96. The van der Waals surface area contributed by atoms with E-state index in [0.717, 1.165) is 18.6 Å². The Kier molecular flexibility index (Phi) is 3.73. The zero-order valence-electron chi connectivity index (χ0n) is 12.6. The van der Waals surface area contributed by atoms with Gasteiger partial charge in [-0.2, -0.15) is 0 Å². The first-order chi connectivity index (χ1) is 10.1. The molecule has 0 aromatic heterocycles. The molecule has 1 fully saturated rings. The molecule has 110 valence electrons. The van der Waals surface area contributed by atoms with Crippen molar-refractivity contribution in [2.45, 2.75) is 38.9 Å². The van der Waals surface area contributed by atoms with E-state index in [0.29, 0.717) is 0 Å². The van der Waals surface area contributed by atoms with Crippen molar-refractivity contribution in [2.75, 3.05) is 0 Å². The van der Waals surface area contributed by atoms with Crippen LogP contribution in [-0.2, 0) is 0 Å². The van der Waals surface area contributed by atoms with Gasteiger partial charge in [-0.1, -0.05) is 56.3 Å². The lowest BCUT2D eigenvalue weighted by atomic mass is 9.63. The van der Waals surface area contributed by atoms with Crippen LogP contribution in [0.1, 0.15) is 26.7 Å². The minimum atomic E-state index is -0.240. The van der Waals surface area contributed by atoms with Gasteiger partial charge in [-0.25, -0.2) is 0 Å². The van der Waals surface area contributed by atoms with Crippen LogP contribution < -0.4 is 4.74 Å². The van der Waals surface area contributed by atoms with E-state index in [4.69, 9.17) is 4.74 Å². The fraction of sp³-hybridized carbons (Fsp3) is 0.368. The summed E-state index contributed by atoms with van der Waals surface area (Å²) < 4.78 is 6.06. The van der Waals surface area contributed by atoms with Gasteiger partial charge in [0.05, 0.1) is 6.10 Å². The Morgan fingerprint density at radius 2 is 1.67 bits per heavy atom. The van der Waals surface area contributed by atoms with Gasteiger partial charge in [-0.15, -0.1) is 0 Å². The Bertz CT molecular complexity index is 591. The van der Waals surface area contributed by atoms with Crippen molar-refractivity contribution >= 4 is 0 Å². The molecule has 0 radical (unpaired) electrons. The molecule has 1 N–H and O–H groups in total. The van der Waals surface area contributed by atoms with Crippen LogP contribution in [0.2, 0.25) is 0 Å². The SMILES string of the molecule is CCC1(C)C(O)CC1Oc1ccc(-c2ccccc2)cc1. The van der Waals surface area contributed by atoms with E-state index in [1.807, 2.05) is 30.3 Å². The van der Waals surface area contributed by atoms with Crippen LogP contribution in [0.3, 0.4) is 0 Å². The quantitative estimate of drug-likeness (QED) is 0.907. The number of aliphatic hydroxyl groups is 1. The molecule has 1 aliphatic rings. The first kappa shape index (κ1) is 14.2. The topological polar surface area (TPSA) is 29.5 Å². The molecule has 2 aromatic rings. The molecule has 21 heavy (non-hydrogen) atoms. The Morgan fingerprint density at radius 3 is 2.24 bits per heavy atom. The average Bonchev–Trinajstić information content (AvgIpc) is 2.55. The zero-order valence-corrected chi connectivity index (χ0v) is 12.6. The third-order valence-electron chi connectivity index (χ3n) is 4.94. The molecule has 2 aromatic carbocycles. The molecule has 0 spiro atoms. The molecular formula is C19H22O2. The smallest absolute Gasteiger partial charge is 0.119 e. The maximum atomic E-state index is 9.93. The average molecular weight is 282 g/mol. The molecule has 0 amide bonds. The van der Waals surface area contributed by atoms with Crippen LogP contribution in [0.15, 0.2) is 54.6 Å². The Labute approximate surface area is 126 Å². The molecule has 1 aliphatic carbocycles. The lowest BCUT2D eigenvalue weighted by molar-refractivity contribution is -0.147. The fourth-order valence-electron chi connectivity index (χ4n) is 2.96. The predicted molar refractivity (Wildman–Crippen MR) is 85.3 cm³/mol. The number of rotatable bonds is 4. The number of hydrogen-bond donors (Lipinski definition) is 1. The lowest BCUT2D eigenvalue weighted by Crippen LogP contribution is -2.57. The molecule has 3 rings (SSSR count). The molecular weight excluding hydrogens is 260 g/mol. The Morgan fingerprint density at radius 1 is 1.05 bits per heavy atom. The van der Waals surface area contributed by atoms with Gasteiger partial charge in [0.15, 0.2) is 0 Å². The van der Waals surface area contributed by atoms with E-state index in [9.17, 15) is 5.11 Å². The number of aliphatic hydroxyl groups excluding tert-OH is 1. The summed E-state index contributed by atoms with van der Waals surface area (Å²) in [6.07, 6.45) is 1.53. The number of ether oxygens (including phenoxy) is 1. The molecule has 3 atom stereocenters. The van der Waals surface area contributed by atoms with E-state index < -0.39 is 0 Å². The van der Waals surface area contributed by atoms with Crippen LogP contribution in [0.4, 0.5) is 0 Å². The van der Waals surface area contributed by atoms with E-state index >= 15 is 0 Å². The first-order valence-electron chi connectivity index (χ1n) is 7.63. The summed E-state index contributed by atoms with van der Waals surface area (Å²) in [5, 5.41) is 9.93. The van der Waals surface area contributed by atoms with E-state index in [1.54, 1.807) is 0 Å². The molecule has 0 aliphatic heterocycles. The summed E-state index contributed by atoms with van der Waals surface area (Å²) in [5.41, 5.74) is 2.29. The van der Waals surface area contributed by atoms with Gasteiger partial charge in [0.2, 0.25) is 0 Å². The molecule has 0 heterocycles. The van der Waals surface area contributed by atoms with Crippen molar-refractivity contribution in [3.63, 3.8) is 0 Å². The van der Waals surface area contributed by atoms with Gasteiger partial charge in [-0.3, -0.25) is 0 Å². The van der Waals surface area contributed by atoms with Gasteiger partial charge < -0.3 is 9.84 Å². The van der Waals surface area contributed by atoms with Crippen LogP contribution in [0.5, 0.6) is 5.75 Å². The zero-order chi connectivity index (χ0) is 14.9. The van der Waals surface area contributed by atoms with Gasteiger partial charge in [0.25, 0.3) is 0 Å². The highest BCUT2D eigenvalue weighted by molar-refractivity contribution is 5.63. The van der Waals surface area contributed by atoms with Crippen molar-refractivity contribution in [1.82, 2.24) is 0 Å². The maximum absolute atomic E-state index is 9.93. The summed E-state index contributed by atoms with van der Waals surface area (Å²) >= 11 is 0.